The number of ether oxygens (including phenoxy) is 1. The van der Waals surface area contributed by atoms with E-state index in [-0.39, 0.29) is 28.6 Å². The third-order valence-electron chi connectivity index (χ3n) is 7.91. The Bertz CT molecular complexity index is 1860. The second-order valence-electron chi connectivity index (χ2n) is 12.6. The van der Waals surface area contributed by atoms with E-state index in [1.54, 1.807) is 25.3 Å². The first kappa shape index (κ1) is 39.6. The molecule has 1 aromatic heterocycles. The van der Waals surface area contributed by atoms with Crippen molar-refractivity contribution in [2.45, 2.75) is 42.3 Å². The number of quaternary nitrogens is 1. The lowest BCUT2D eigenvalue weighted by Gasteiger charge is -2.26. The van der Waals surface area contributed by atoms with E-state index >= 15 is 8.78 Å². The van der Waals surface area contributed by atoms with Crippen molar-refractivity contribution in [1.82, 2.24) is 14.9 Å². The standard InChI is InChI=1S/C33H34ClF3N4O2S.C2HF3O2/c1-41(2,3)15-14-38-32(42)21-16-27(36)25(28(37)17-21)19-44-33-39-29-7-5-6-24(20-8-13-26(34)30(18-20)43-4)31(29)40(33)23-11-9-22(35)10-12-23;3-2(4,5)1(6)7/h8-13,16-18,24H,5-7,14-15,19H2,1-4H3;(H,6,7). The Labute approximate surface area is 300 Å². The Kier molecular flexibility index (Phi) is 12.7. The van der Waals surface area contributed by atoms with Gasteiger partial charge in [-0.1, -0.05) is 29.4 Å². The number of halogens is 7. The van der Waals surface area contributed by atoms with Crippen molar-refractivity contribution in [3.05, 3.63) is 105 Å². The predicted molar refractivity (Wildman–Crippen MR) is 179 cm³/mol. The number of carbonyl (C=O) groups is 2. The molecule has 1 N–H and O–H groups in total. The number of aliphatic carboxylic acids is 1. The van der Waals surface area contributed by atoms with Crippen LogP contribution in [-0.2, 0) is 17.0 Å². The maximum Gasteiger partial charge on any atom is 0.430 e. The fraction of sp³-hybridized carbons (Fsp3) is 0.343. The number of nitrogens with zero attached hydrogens (tertiary/aromatic N) is 3. The van der Waals surface area contributed by atoms with E-state index in [1.807, 2.05) is 37.8 Å². The van der Waals surface area contributed by atoms with Gasteiger partial charge in [-0.25, -0.2) is 18.2 Å². The average Bonchev–Trinajstić information content (AvgIpc) is 3.42. The van der Waals surface area contributed by atoms with E-state index in [4.69, 9.17) is 31.2 Å². The maximum absolute atomic E-state index is 15.2. The molecule has 3 aromatic carbocycles. The zero-order chi connectivity index (χ0) is 37.7. The molecule has 16 heteroatoms. The largest absolute Gasteiger partial charge is 0.542 e. The molecular formula is C35H35ClF6N4O4S. The number of alkyl halides is 3. The number of benzene rings is 3. The molecule has 0 bridgehead atoms. The second-order valence-corrected chi connectivity index (χ2v) is 14.0. The number of carboxylic acids is 1. The summed E-state index contributed by atoms with van der Waals surface area (Å²) in [6, 6.07) is 13.9. The van der Waals surface area contributed by atoms with E-state index in [1.165, 1.54) is 23.9 Å². The van der Waals surface area contributed by atoms with Crippen molar-refractivity contribution in [1.29, 1.82) is 0 Å². The highest BCUT2D eigenvalue weighted by Gasteiger charge is 2.31. The van der Waals surface area contributed by atoms with Crippen molar-refractivity contribution in [3.63, 3.8) is 0 Å². The van der Waals surface area contributed by atoms with Crippen LogP contribution in [0.25, 0.3) is 5.69 Å². The Morgan fingerprint density at radius 2 is 1.69 bits per heavy atom. The Balaban J connectivity index is 0.000000755. The molecule has 274 valence electrons. The molecule has 0 saturated heterocycles. The molecule has 1 unspecified atom stereocenters. The van der Waals surface area contributed by atoms with Gasteiger partial charge in [0.1, 0.15) is 29.2 Å². The fourth-order valence-corrected chi connectivity index (χ4v) is 6.63. The number of nitrogens with one attached hydrogen (secondary N) is 1. The van der Waals surface area contributed by atoms with Crippen molar-refractivity contribution in [3.8, 4) is 11.4 Å². The summed E-state index contributed by atoms with van der Waals surface area (Å²) in [5.41, 5.74) is 3.29. The third-order valence-corrected chi connectivity index (χ3v) is 9.18. The van der Waals surface area contributed by atoms with Crippen LogP contribution >= 0.6 is 23.4 Å². The van der Waals surface area contributed by atoms with Crippen LogP contribution in [0.5, 0.6) is 5.75 Å². The van der Waals surface area contributed by atoms with Gasteiger partial charge in [-0.15, -0.1) is 0 Å². The Morgan fingerprint density at radius 1 is 1.06 bits per heavy atom. The van der Waals surface area contributed by atoms with Crippen LogP contribution in [0.3, 0.4) is 0 Å². The van der Waals surface area contributed by atoms with Crippen molar-refractivity contribution < 1.29 is 50.3 Å². The molecule has 1 amide bonds. The lowest BCUT2D eigenvalue weighted by atomic mass is 9.84. The molecule has 5 rings (SSSR count). The van der Waals surface area contributed by atoms with Crippen LogP contribution in [0.2, 0.25) is 5.02 Å². The smallest absolute Gasteiger partial charge is 0.430 e. The zero-order valence-electron chi connectivity index (χ0n) is 28.0. The van der Waals surface area contributed by atoms with Gasteiger partial charge in [-0.3, -0.25) is 9.36 Å². The van der Waals surface area contributed by atoms with Gasteiger partial charge in [0.15, 0.2) is 5.16 Å². The van der Waals surface area contributed by atoms with E-state index in [9.17, 15) is 22.4 Å². The minimum atomic E-state index is -5.19. The Morgan fingerprint density at radius 3 is 2.25 bits per heavy atom. The molecule has 1 aliphatic rings. The number of thioether (sulfide) groups is 1. The number of hydrogen-bond donors (Lipinski definition) is 1. The minimum Gasteiger partial charge on any atom is -0.542 e. The van der Waals surface area contributed by atoms with Gasteiger partial charge >= 0.3 is 6.18 Å². The molecule has 0 saturated carbocycles. The molecule has 0 radical (unpaired) electrons. The first-order chi connectivity index (χ1) is 23.9. The van der Waals surface area contributed by atoms with Crippen molar-refractivity contribution >= 4 is 35.2 Å². The van der Waals surface area contributed by atoms with Crippen LogP contribution in [0.15, 0.2) is 59.8 Å². The number of amides is 1. The van der Waals surface area contributed by atoms with Gasteiger partial charge in [0.05, 0.1) is 57.8 Å². The van der Waals surface area contributed by atoms with E-state index < -0.39 is 29.7 Å². The molecule has 51 heavy (non-hydrogen) atoms. The van der Waals surface area contributed by atoms with Gasteiger partial charge in [0.2, 0.25) is 0 Å². The summed E-state index contributed by atoms with van der Waals surface area (Å²) in [6.45, 7) is 1.05. The van der Waals surface area contributed by atoms with Gasteiger partial charge in [0, 0.05) is 28.5 Å². The molecular weight excluding hydrogens is 722 g/mol. The number of hydrogen-bond acceptors (Lipinski definition) is 6. The average molecular weight is 757 g/mol. The quantitative estimate of drug-likeness (QED) is 0.114. The van der Waals surface area contributed by atoms with E-state index in [0.717, 1.165) is 48.3 Å². The highest BCUT2D eigenvalue weighted by molar-refractivity contribution is 7.98. The van der Waals surface area contributed by atoms with E-state index in [0.29, 0.717) is 39.2 Å². The molecule has 0 spiro atoms. The number of aromatic nitrogens is 2. The first-order valence-corrected chi connectivity index (χ1v) is 16.9. The number of imidazole rings is 1. The van der Waals surface area contributed by atoms with Crippen molar-refractivity contribution in [2.24, 2.45) is 0 Å². The number of rotatable bonds is 10. The monoisotopic (exact) mass is 756 g/mol. The van der Waals surface area contributed by atoms with Crippen LogP contribution in [-0.4, -0.2) is 73.4 Å². The van der Waals surface area contributed by atoms with Gasteiger partial charge in [0.25, 0.3) is 5.91 Å². The van der Waals surface area contributed by atoms with Crippen LogP contribution < -0.4 is 15.2 Å². The van der Waals surface area contributed by atoms with Crippen LogP contribution in [0.4, 0.5) is 26.3 Å². The molecule has 1 atom stereocenters. The molecule has 8 nitrogen and oxygen atoms in total. The summed E-state index contributed by atoms with van der Waals surface area (Å²) in [5.74, 6) is -5.06. The number of carbonyl (C=O) groups excluding carboxylic acids is 2. The van der Waals surface area contributed by atoms with Crippen LogP contribution in [0.1, 0.15) is 51.6 Å². The first-order valence-electron chi connectivity index (χ1n) is 15.6. The highest BCUT2D eigenvalue weighted by atomic mass is 35.5. The van der Waals surface area contributed by atoms with E-state index in [2.05, 4.69) is 5.32 Å². The summed E-state index contributed by atoms with van der Waals surface area (Å²) in [6.07, 6.45) is -2.72. The number of aryl methyl sites for hydroxylation is 1. The molecule has 1 heterocycles. The molecule has 0 aliphatic heterocycles. The molecule has 1 aliphatic carbocycles. The summed E-state index contributed by atoms with van der Waals surface area (Å²) in [5, 5.41) is 12.6. The minimum absolute atomic E-state index is 0.0554. The third kappa shape index (κ3) is 10.2. The van der Waals surface area contributed by atoms with Crippen LogP contribution in [0, 0.1) is 17.5 Å². The normalized spacial score (nSPS) is 14.3. The maximum atomic E-state index is 15.2. The second kappa shape index (κ2) is 16.4. The topological polar surface area (TPSA) is 96.3 Å². The van der Waals surface area contributed by atoms with Crippen molar-refractivity contribution in [2.75, 3.05) is 41.3 Å². The summed E-state index contributed by atoms with van der Waals surface area (Å²) < 4.78 is 84.0. The molecule has 4 aromatic rings. The van der Waals surface area contributed by atoms with Gasteiger partial charge in [-0.2, -0.15) is 13.2 Å². The lowest BCUT2D eigenvalue weighted by Crippen LogP contribution is -2.41. The highest BCUT2D eigenvalue weighted by Crippen LogP contribution is 2.43. The fourth-order valence-electron chi connectivity index (χ4n) is 5.38. The SMILES string of the molecule is COc1cc(C2CCCc3nc(SCc4c(F)cc(C(=O)NCC[N+](C)(C)C)cc4F)n(-c4ccc(F)cc4)c32)ccc1Cl.O=C([O-])C(F)(F)F. The number of likely N-dealkylation sites (N-methyl/N-ethyl adjacent to an activating group) is 1. The lowest BCUT2D eigenvalue weighted by molar-refractivity contribution is -0.869. The predicted octanol–water partition coefficient (Wildman–Crippen LogP) is 6.45. The summed E-state index contributed by atoms with van der Waals surface area (Å²) in [7, 11) is 7.54. The Hall–Kier alpha value is -4.21. The number of carboxylic acid groups (broad SMARTS) is 1. The number of fused-ring (bicyclic) bond motifs is 1. The van der Waals surface area contributed by atoms with Gasteiger partial charge < -0.3 is 24.4 Å². The molecule has 0 fully saturated rings. The zero-order valence-corrected chi connectivity index (χ0v) is 29.6. The summed E-state index contributed by atoms with van der Waals surface area (Å²) >= 11 is 7.50. The number of methoxy groups -OCH3 is 1. The summed E-state index contributed by atoms with van der Waals surface area (Å²) in [4.78, 5) is 26.3. The van der Waals surface area contributed by atoms with Gasteiger partial charge in [-0.05, 0) is 73.4 Å².